The van der Waals surface area contributed by atoms with E-state index in [9.17, 15) is 14.4 Å². The smallest absolute Gasteiger partial charge is 0.309 e. The summed E-state index contributed by atoms with van der Waals surface area (Å²) in [4.78, 5) is 39.2. The van der Waals surface area contributed by atoms with Crippen LogP contribution in [0.1, 0.15) is 25.3 Å². The number of likely N-dealkylation sites (tertiary alicyclic amines) is 1. The van der Waals surface area contributed by atoms with Crippen LogP contribution in [-0.4, -0.2) is 41.0 Å². The minimum absolute atomic E-state index is 0.176. The molecule has 1 saturated heterocycles. The fraction of sp³-hybridized carbons (Fsp3) is 0.318. The van der Waals surface area contributed by atoms with Gasteiger partial charge in [0.2, 0.25) is 0 Å². The molecule has 1 aromatic carbocycles. The zero-order chi connectivity index (χ0) is 19.9. The van der Waals surface area contributed by atoms with E-state index in [1.165, 1.54) is 10.6 Å². The van der Waals surface area contributed by atoms with Gasteiger partial charge in [0.25, 0.3) is 11.5 Å². The molecule has 0 N–H and O–H groups in total. The highest BCUT2D eigenvalue weighted by Crippen LogP contribution is 2.22. The van der Waals surface area contributed by atoms with E-state index in [0.29, 0.717) is 38.2 Å². The Kier molecular flexibility index (Phi) is 6.42. The highest BCUT2D eigenvalue weighted by atomic mass is 16.5. The number of benzene rings is 1. The summed E-state index contributed by atoms with van der Waals surface area (Å²) in [6.07, 6.45) is 4.45. The molecule has 1 aliphatic heterocycles. The Morgan fingerprint density at radius 1 is 1.07 bits per heavy atom. The predicted octanol–water partition coefficient (Wildman–Crippen LogP) is 2.65. The minimum atomic E-state index is -0.264. The van der Waals surface area contributed by atoms with Crippen LogP contribution in [0.5, 0.6) is 0 Å². The van der Waals surface area contributed by atoms with E-state index in [4.69, 9.17) is 4.74 Å². The standard InChI is InChI=1S/C22H24N2O4/c1-2-28-22(27)18-11-14-23(15-12-18)21(26)19(16-17-8-4-3-5-9-17)24-13-7-6-10-20(24)25/h3-10,13,16,18H,2,11-12,14-15H2,1H3. The van der Waals surface area contributed by atoms with E-state index in [2.05, 4.69) is 0 Å². The number of esters is 1. The number of aromatic nitrogens is 1. The number of nitrogens with zero attached hydrogens (tertiary/aromatic N) is 2. The summed E-state index contributed by atoms with van der Waals surface area (Å²) in [7, 11) is 0. The Hall–Kier alpha value is -3.15. The van der Waals surface area contributed by atoms with Crippen LogP contribution in [0.15, 0.2) is 59.5 Å². The van der Waals surface area contributed by atoms with Gasteiger partial charge in [0.05, 0.1) is 12.5 Å². The summed E-state index contributed by atoms with van der Waals surface area (Å²) in [5.41, 5.74) is 0.869. The molecule has 1 aromatic heterocycles. The summed E-state index contributed by atoms with van der Waals surface area (Å²) in [6, 6.07) is 14.2. The largest absolute Gasteiger partial charge is 0.466 e. The van der Waals surface area contributed by atoms with E-state index in [0.717, 1.165) is 5.56 Å². The van der Waals surface area contributed by atoms with Crippen molar-refractivity contribution < 1.29 is 14.3 Å². The molecule has 28 heavy (non-hydrogen) atoms. The molecule has 0 spiro atoms. The average Bonchev–Trinajstić information content (AvgIpc) is 2.73. The number of amides is 1. The van der Waals surface area contributed by atoms with Crippen LogP contribution in [0.25, 0.3) is 11.8 Å². The summed E-state index contributed by atoms with van der Waals surface area (Å²) < 4.78 is 6.46. The summed E-state index contributed by atoms with van der Waals surface area (Å²) in [5.74, 6) is -0.599. The molecular weight excluding hydrogens is 356 g/mol. The molecule has 2 aromatic rings. The summed E-state index contributed by atoms with van der Waals surface area (Å²) in [5, 5.41) is 0. The number of rotatable bonds is 5. The van der Waals surface area contributed by atoms with Crippen molar-refractivity contribution in [2.75, 3.05) is 19.7 Å². The SMILES string of the molecule is CCOC(=O)C1CCN(C(=O)C(=Cc2ccccc2)n2ccccc2=O)CC1. The number of pyridine rings is 1. The monoisotopic (exact) mass is 380 g/mol. The van der Waals surface area contributed by atoms with Crippen LogP contribution >= 0.6 is 0 Å². The van der Waals surface area contributed by atoms with Gasteiger partial charge in [-0.25, -0.2) is 0 Å². The lowest BCUT2D eigenvalue weighted by molar-refractivity contribution is -0.150. The number of carbonyl (C=O) groups is 2. The Labute approximate surface area is 164 Å². The number of carbonyl (C=O) groups excluding carboxylic acids is 2. The maximum atomic E-state index is 13.2. The lowest BCUT2D eigenvalue weighted by Gasteiger charge is -2.31. The highest BCUT2D eigenvalue weighted by molar-refractivity contribution is 6.18. The number of piperidine rings is 1. The lowest BCUT2D eigenvalue weighted by Crippen LogP contribution is -2.42. The van der Waals surface area contributed by atoms with Crippen LogP contribution < -0.4 is 5.56 Å². The summed E-state index contributed by atoms with van der Waals surface area (Å²) >= 11 is 0. The van der Waals surface area contributed by atoms with Gasteiger partial charge >= 0.3 is 5.97 Å². The predicted molar refractivity (Wildman–Crippen MR) is 107 cm³/mol. The third-order valence-corrected chi connectivity index (χ3v) is 4.81. The molecule has 2 heterocycles. The van der Waals surface area contributed by atoms with Crippen LogP contribution in [0.3, 0.4) is 0 Å². The fourth-order valence-corrected chi connectivity index (χ4v) is 3.31. The molecule has 0 radical (unpaired) electrons. The maximum absolute atomic E-state index is 13.2. The van der Waals surface area contributed by atoms with Crippen molar-refractivity contribution in [3.8, 4) is 0 Å². The van der Waals surface area contributed by atoms with E-state index < -0.39 is 0 Å². The van der Waals surface area contributed by atoms with Gasteiger partial charge < -0.3 is 9.64 Å². The van der Waals surface area contributed by atoms with Crippen LogP contribution in [0, 0.1) is 5.92 Å². The van der Waals surface area contributed by atoms with E-state index in [1.807, 2.05) is 30.3 Å². The molecule has 6 heteroatoms. The second kappa shape index (κ2) is 9.17. The number of hydrogen-bond acceptors (Lipinski definition) is 4. The second-order valence-corrected chi connectivity index (χ2v) is 6.67. The van der Waals surface area contributed by atoms with Gasteiger partial charge in [-0.1, -0.05) is 36.4 Å². The van der Waals surface area contributed by atoms with Crippen molar-refractivity contribution in [3.63, 3.8) is 0 Å². The van der Waals surface area contributed by atoms with Crippen molar-refractivity contribution in [2.24, 2.45) is 5.92 Å². The van der Waals surface area contributed by atoms with Crippen molar-refractivity contribution in [2.45, 2.75) is 19.8 Å². The summed E-state index contributed by atoms with van der Waals surface area (Å²) in [6.45, 7) is 3.06. The first-order valence-corrected chi connectivity index (χ1v) is 9.51. The van der Waals surface area contributed by atoms with Crippen molar-refractivity contribution in [3.05, 3.63) is 70.6 Å². The van der Waals surface area contributed by atoms with E-state index in [-0.39, 0.29) is 23.4 Å². The third kappa shape index (κ3) is 4.57. The maximum Gasteiger partial charge on any atom is 0.309 e. The van der Waals surface area contributed by atoms with Gasteiger partial charge in [-0.2, -0.15) is 0 Å². The quantitative estimate of drug-likeness (QED) is 0.591. The zero-order valence-corrected chi connectivity index (χ0v) is 15.9. The minimum Gasteiger partial charge on any atom is -0.466 e. The molecule has 1 fully saturated rings. The highest BCUT2D eigenvalue weighted by Gasteiger charge is 2.30. The Morgan fingerprint density at radius 2 is 1.75 bits per heavy atom. The Balaban J connectivity index is 1.85. The van der Waals surface area contributed by atoms with Crippen molar-refractivity contribution >= 4 is 23.6 Å². The second-order valence-electron chi connectivity index (χ2n) is 6.67. The van der Waals surface area contributed by atoms with Gasteiger partial charge in [-0.05, 0) is 37.5 Å². The van der Waals surface area contributed by atoms with Gasteiger partial charge in [0.15, 0.2) is 0 Å². The van der Waals surface area contributed by atoms with Gasteiger partial charge in [-0.15, -0.1) is 0 Å². The van der Waals surface area contributed by atoms with E-state index in [1.54, 1.807) is 36.2 Å². The molecule has 0 atom stereocenters. The van der Waals surface area contributed by atoms with Crippen LogP contribution in [0.2, 0.25) is 0 Å². The first-order chi connectivity index (χ1) is 13.6. The van der Waals surface area contributed by atoms with Gasteiger partial charge in [-0.3, -0.25) is 19.0 Å². The molecule has 3 rings (SSSR count). The van der Waals surface area contributed by atoms with E-state index >= 15 is 0 Å². The molecule has 0 aliphatic carbocycles. The number of hydrogen-bond donors (Lipinski definition) is 0. The lowest BCUT2D eigenvalue weighted by atomic mass is 9.96. The third-order valence-electron chi connectivity index (χ3n) is 4.81. The molecule has 1 aliphatic rings. The first-order valence-electron chi connectivity index (χ1n) is 9.51. The molecule has 0 unspecified atom stereocenters. The molecule has 1 amide bonds. The average molecular weight is 380 g/mol. The van der Waals surface area contributed by atoms with Gasteiger partial charge in [0.1, 0.15) is 5.70 Å². The molecule has 0 saturated carbocycles. The van der Waals surface area contributed by atoms with Gasteiger partial charge in [0, 0.05) is 25.4 Å². The zero-order valence-electron chi connectivity index (χ0n) is 15.9. The van der Waals surface area contributed by atoms with Crippen LogP contribution in [-0.2, 0) is 14.3 Å². The molecular formula is C22H24N2O4. The topological polar surface area (TPSA) is 68.6 Å². The van der Waals surface area contributed by atoms with Crippen molar-refractivity contribution in [1.29, 1.82) is 0 Å². The normalized spacial score (nSPS) is 15.3. The first kappa shape index (κ1) is 19.6. The molecule has 0 bridgehead atoms. The molecule has 6 nitrogen and oxygen atoms in total. The number of ether oxygens (including phenoxy) is 1. The van der Waals surface area contributed by atoms with Crippen molar-refractivity contribution in [1.82, 2.24) is 9.47 Å². The van der Waals surface area contributed by atoms with Crippen LogP contribution in [0.4, 0.5) is 0 Å². The Bertz CT molecular complexity index is 909. The Morgan fingerprint density at radius 3 is 2.39 bits per heavy atom. The fourth-order valence-electron chi connectivity index (χ4n) is 3.31. The molecule has 146 valence electrons.